The fourth-order valence-electron chi connectivity index (χ4n) is 1.74. The van der Waals surface area contributed by atoms with Crippen LogP contribution in [0.2, 0.25) is 0 Å². The van der Waals surface area contributed by atoms with Crippen molar-refractivity contribution >= 4 is 26.8 Å². The molecule has 1 unspecified atom stereocenters. The van der Waals surface area contributed by atoms with Crippen molar-refractivity contribution in [2.45, 2.75) is 26.0 Å². The standard InChI is InChI=1S/C14H17BrN2O/c1-9(2)18-8-12(16)14-11(15)7-10-5-3-4-6-13(10)17-14/h3-7,9,12H,8,16H2,1-2H3. The topological polar surface area (TPSA) is 48.1 Å². The van der Waals surface area contributed by atoms with Crippen LogP contribution in [0.3, 0.4) is 0 Å². The van der Waals surface area contributed by atoms with Crippen LogP contribution < -0.4 is 5.73 Å². The first-order valence-electron chi connectivity index (χ1n) is 6.00. The van der Waals surface area contributed by atoms with Crippen molar-refractivity contribution in [2.24, 2.45) is 5.73 Å². The second-order valence-electron chi connectivity index (χ2n) is 4.54. The first kappa shape index (κ1) is 13.5. The molecule has 1 aromatic carbocycles. The van der Waals surface area contributed by atoms with Gasteiger partial charge in [-0.1, -0.05) is 18.2 Å². The first-order valence-corrected chi connectivity index (χ1v) is 6.79. The van der Waals surface area contributed by atoms with Crippen LogP contribution in [-0.2, 0) is 4.74 Å². The van der Waals surface area contributed by atoms with Gasteiger partial charge in [0.25, 0.3) is 0 Å². The summed E-state index contributed by atoms with van der Waals surface area (Å²) in [6.07, 6.45) is 0.176. The summed E-state index contributed by atoms with van der Waals surface area (Å²) in [4.78, 5) is 4.60. The van der Waals surface area contributed by atoms with E-state index in [1.807, 2.05) is 44.2 Å². The number of aromatic nitrogens is 1. The Morgan fingerprint density at radius 2 is 2.06 bits per heavy atom. The predicted molar refractivity (Wildman–Crippen MR) is 77.5 cm³/mol. The molecular weight excluding hydrogens is 292 g/mol. The summed E-state index contributed by atoms with van der Waals surface area (Å²) >= 11 is 3.53. The van der Waals surface area contributed by atoms with Crippen LogP contribution >= 0.6 is 15.9 Å². The lowest BCUT2D eigenvalue weighted by atomic mass is 10.1. The number of fused-ring (bicyclic) bond motifs is 1. The molecule has 0 bridgehead atoms. The predicted octanol–water partition coefficient (Wildman–Crippen LogP) is 3.42. The fourth-order valence-corrected chi connectivity index (χ4v) is 2.37. The maximum Gasteiger partial charge on any atom is 0.0744 e. The number of rotatable bonds is 4. The van der Waals surface area contributed by atoms with Gasteiger partial charge in [0.1, 0.15) is 0 Å². The lowest BCUT2D eigenvalue weighted by Gasteiger charge is -2.16. The van der Waals surface area contributed by atoms with Crippen LogP contribution in [-0.4, -0.2) is 17.7 Å². The maximum absolute atomic E-state index is 6.12. The van der Waals surface area contributed by atoms with Gasteiger partial charge in [0, 0.05) is 9.86 Å². The van der Waals surface area contributed by atoms with Crippen molar-refractivity contribution < 1.29 is 4.74 Å². The minimum Gasteiger partial charge on any atom is -0.377 e. The van der Waals surface area contributed by atoms with Crippen molar-refractivity contribution in [1.29, 1.82) is 0 Å². The van der Waals surface area contributed by atoms with E-state index in [4.69, 9.17) is 10.5 Å². The van der Waals surface area contributed by atoms with Crippen molar-refractivity contribution in [3.05, 3.63) is 40.5 Å². The molecule has 0 amide bonds. The van der Waals surface area contributed by atoms with Gasteiger partial charge in [-0.05, 0) is 41.9 Å². The molecule has 1 atom stereocenters. The highest BCUT2D eigenvalue weighted by molar-refractivity contribution is 9.10. The molecule has 2 rings (SSSR count). The summed E-state index contributed by atoms with van der Waals surface area (Å²) in [5.74, 6) is 0. The van der Waals surface area contributed by atoms with E-state index in [-0.39, 0.29) is 12.1 Å². The molecule has 0 aliphatic heterocycles. The van der Waals surface area contributed by atoms with Crippen molar-refractivity contribution in [2.75, 3.05) is 6.61 Å². The average Bonchev–Trinajstić information content (AvgIpc) is 2.35. The highest BCUT2D eigenvalue weighted by atomic mass is 79.9. The summed E-state index contributed by atoms with van der Waals surface area (Å²) in [6, 6.07) is 9.83. The Morgan fingerprint density at radius 3 is 2.78 bits per heavy atom. The summed E-state index contributed by atoms with van der Waals surface area (Å²) in [6.45, 7) is 4.47. The van der Waals surface area contributed by atoms with E-state index in [1.165, 1.54) is 0 Å². The Hall–Kier alpha value is -0.970. The first-order chi connectivity index (χ1) is 8.58. The van der Waals surface area contributed by atoms with Crippen molar-refractivity contribution in [1.82, 2.24) is 4.98 Å². The van der Waals surface area contributed by atoms with E-state index in [0.29, 0.717) is 6.61 Å². The van der Waals surface area contributed by atoms with E-state index in [0.717, 1.165) is 21.1 Å². The van der Waals surface area contributed by atoms with Gasteiger partial charge < -0.3 is 10.5 Å². The van der Waals surface area contributed by atoms with E-state index in [2.05, 4.69) is 20.9 Å². The van der Waals surface area contributed by atoms with E-state index in [1.54, 1.807) is 0 Å². The molecule has 0 aliphatic carbocycles. The quantitative estimate of drug-likeness (QED) is 0.941. The third-order valence-corrected chi connectivity index (χ3v) is 3.30. The highest BCUT2D eigenvalue weighted by Gasteiger charge is 2.13. The molecule has 1 aromatic heterocycles. The molecule has 4 heteroatoms. The lowest BCUT2D eigenvalue weighted by molar-refractivity contribution is 0.0676. The molecule has 2 N–H and O–H groups in total. The second kappa shape index (κ2) is 5.78. The Kier molecular flexibility index (Phi) is 4.32. The maximum atomic E-state index is 6.12. The van der Waals surface area contributed by atoms with Gasteiger partial charge in [-0.15, -0.1) is 0 Å². The van der Waals surface area contributed by atoms with Crippen molar-refractivity contribution in [3.63, 3.8) is 0 Å². The molecule has 0 saturated heterocycles. The molecule has 0 spiro atoms. The molecule has 3 nitrogen and oxygen atoms in total. The van der Waals surface area contributed by atoms with E-state index >= 15 is 0 Å². The molecule has 0 saturated carbocycles. The van der Waals surface area contributed by atoms with E-state index < -0.39 is 0 Å². The molecule has 18 heavy (non-hydrogen) atoms. The van der Waals surface area contributed by atoms with E-state index in [9.17, 15) is 0 Å². The summed E-state index contributed by atoms with van der Waals surface area (Å²) < 4.78 is 6.47. The van der Waals surface area contributed by atoms with Gasteiger partial charge in [0.15, 0.2) is 0 Å². The molecule has 0 fully saturated rings. The highest BCUT2D eigenvalue weighted by Crippen LogP contribution is 2.25. The minimum atomic E-state index is -0.216. The zero-order valence-electron chi connectivity index (χ0n) is 10.6. The second-order valence-corrected chi connectivity index (χ2v) is 5.39. The zero-order valence-corrected chi connectivity index (χ0v) is 12.1. The number of hydrogen-bond donors (Lipinski definition) is 1. The van der Waals surface area contributed by atoms with Gasteiger partial charge in [-0.25, -0.2) is 4.98 Å². The van der Waals surface area contributed by atoms with Gasteiger partial charge in [0.05, 0.1) is 30.0 Å². The number of hydrogen-bond acceptors (Lipinski definition) is 3. The minimum absolute atomic E-state index is 0.176. The molecule has 2 aromatic rings. The summed E-state index contributed by atoms with van der Waals surface area (Å²) in [5.41, 5.74) is 7.91. The Balaban J connectivity index is 2.29. The Labute approximate surface area is 115 Å². The van der Waals surface area contributed by atoms with Crippen LogP contribution in [0.4, 0.5) is 0 Å². The normalized spacial score (nSPS) is 13.2. The largest absolute Gasteiger partial charge is 0.377 e. The zero-order chi connectivity index (χ0) is 13.1. The SMILES string of the molecule is CC(C)OCC(N)c1nc2ccccc2cc1Br. The number of ether oxygens (including phenoxy) is 1. The van der Waals surface area contributed by atoms with Crippen LogP contribution in [0.5, 0.6) is 0 Å². The van der Waals surface area contributed by atoms with Gasteiger partial charge in [-0.2, -0.15) is 0 Å². The van der Waals surface area contributed by atoms with Crippen LogP contribution in [0.1, 0.15) is 25.6 Å². The molecular formula is C14H17BrN2O. The number of benzene rings is 1. The molecule has 96 valence electrons. The number of pyridine rings is 1. The lowest BCUT2D eigenvalue weighted by Crippen LogP contribution is -2.21. The third-order valence-electron chi connectivity index (χ3n) is 2.66. The van der Waals surface area contributed by atoms with Crippen LogP contribution in [0.25, 0.3) is 10.9 Å². The molecule has 1 heterocycles. The fraction of sp³-hybridized carbons (Fsp3) is 0.357. The Bertz CT molecular complexity index is 542. The number of nitrogens with zero attached hydrogens (tertiary/aromatic N) is 1. The van der Waals surface area contributed by atoms with Gasteiger partial charge in [0.2, 0.25) is 0 Å². The summed E-state index contributed by atoms with van der Waals surface area (Å²) in [7, 11) is 0. The van der Waals surface area contributed by atoms with Crippen LogP contribution in [0, 0.1) is 0 Å². The summed E-state index contributed by atoms with van der Waals surface area (Å²) in [5, 5.41) is 1.10. The Morgan fingerprint density at radius 1 is 1.33 bits per heavy atom. The smallest absolute Gasteiger partial charge is 0.0744 e. The monoisotopic (exact) mass is 308 g/mol. The number of nitrogens with two attached hydrogens (primary N) is 1. The van der Waals surface area contributed by atoms with Gasteiger partial charge in [-0.3, -0.25) is 0 Å². The van der Waals surface area contributed by atoms with Crippen LogP contribution in [0.15, 0.2) is 34.8 Å². The average molecular weight is 309 g/mol. The molecule has 0 aliphatic rings. The molecule has 0 radical (unpaired) electrons. The number of halogens is 1. The third kappa shape index (κ3) is 3.07. The van der Waals surface area contributed by atoms with Gasteiger partial charge >= 0.3 is 0 Å². The van der Waals surface area contributed by atoms with Crippen molar-refractivity contribution in [3.8, 4) is 0 Å². The number of para-hydroxylation sites is 1.